The van der Waals surface area contributed by atoms with Gasteiger partial charge in [0.15, 0.2) is 17.2 Å². The average Bonchev–Trinajstić information content (AvgIpc) is 3.16. The summed E-state index contributed by atoms with van der Waals surface area (Å²) in [6.07, 6.45) is 5.49. The highest BCUT2D eigenvalue weighted by Crippen LogP contribution is 2.37. The largest absolute Gasteiger partial charge is 0.493 e. The highest BCUT2D eigenvalue weighted by molar-refractivity contribution is 5.71. The second-order valence-electron chi connectivity index (χ2n) is 7.37. The van der Waals surface area contributed by atoms with E-state index in [0.717, 1.165) is 55.8 Å². The lowest BCUT2D eigenvalue weighted by atomic mass is 9.88. The average molecular weight is 393 g/mol. The first-order valence-corrected chi connectivity index (χ1v) is 10.0. The Bertz CT molecular complexity index is 1060. The molecule has 0 amide bonds. The lowest BCUT2D eigenvalue weighted by Gasteiger charge is -2.34. The van der Waals surface area contributed by atoms with Crippen molar-refractivity contribution in [3.8, 4) is 11.8 Å². The van der Waals surface area contributed by atoms with Gasteiger partial charge >= 0.3 is 0 Å². The summed E-state index contributed by atoms with van der Waals surface area (Å²) in [5, 5.41) is 18.3. The maximum absolute atomic E-state index is 14.1. The minimum Gasteiger partial charge on any atom is -0.493 e. The van der Waals surface area contributed by atoms with Crippen LogP contribution in [0.15, 0.2) is 30.5 Å². The van der Waals surface area contributed by atoms with Crippen molar-refractivity contribution >= 4 is 11.3 Å². The van der Waals surface area contributed by atoms with Gasteiger partial charge in [-0.3, -0.25) is 4.40 Å². The van der Waals surface area contributed by atoms with Crippen molar-refractivity contribution in [2.45, 2.75) is 38.5 Å². The zero-order valence-corrected chi connectivity index (χ0v) is 16.7. The molecular formula is C22H24FN5O. The maximum atomic E-state index is 14.1. The van der Waals surface area contributed by atoms with E-state index in [1.54, 1.807) is 6.07 Å². The van der Waals surface area contributed by atoms with Crippen LogP contribution < -0.4 is 9.64 Å². The minimum absolute atomic E-state index is 0.232. The molecule has 0 aliphatic carbocycles. The summed E-state index contributed by atoms with van der Waals surface area (Å²) < 4.78 is 21.3. The lowest BCUT2D eigenvalue weighted by Crippen LogP contribution is -2.33. The van der Waals surface area contributed by atoms with Gasteiger partial charge in [-0.05, 0) is 37.3 Å². The predicted molar refractivity (Wildman–Crippen MR) is 109 cm³/mol. The molecule has 0 saturated carbocycles. The molecule has 4 rings (SSSR count). The number of anilines is 1. The van der Waals surface area contributed by atoms with Gasteiger partial charge in [-0.25, -0.2) is 4.39 Å². The van der Waals surface area contributed by atoms with Gasteiger partial charge < -0.3 is 9.64 Å². The molecule has 6 nitrogen and oxygen atoms in total. The van der Waals surface area contributed by atoms with Crippen molar-refractivity contribution in [1.82, 2.24) is 14.6 Å². The molecule has 0 N–H and O–H groups in total. The summed E-state index contributed by atoms with van der Waals surface area (Å²) in [7, 11) is 1.51. The van der Waals surface area contributed by atoms with Gasteiger partial charge in [0.1, 0.15) is 17.5 Å². The van der Waals surface area contributed by atoms with Crippen LogP contribution >= 0.6 is 0 Å². The standard InChI is InChI=1S/C22H24FN5O/c1-3-5-20-25-26-22-17(14-24)19(10-13-28(20)22)27-11-8-15(9-12-27)16-6-4-7-18(23)21(16)29-2/h4,6-7,10,13,15H,3,5,8-9,11-12H2,1-2H3. The number of methoxy groups -OCH3 is 1. The summed E-state index contributed by atoms with van der Waals surface area (Å²) in [5.74, 6) is 1.13. The molecule has 0 atom stereocenters. The van der Waals surface area contributed by atoms with Crippen molar-refractivity contribution in [2.24, 2.45) is 0 Å². The molecule has 0 bridgehead atoms. The lowest BCUT2D eigenvalue weighted by molar-refractivity contribution is 0.371. The fourth-order valence-electron chi connectivity index (χ4n) is 4.25. The number of aromatic nitrogens is 3. The van der Waals surface area contributed by atoms with Crippen LogP contribution in [-0.2, 0) is 6.42 Å². The number of ether oxygens (including phenoxy) is 1. The first-order chi connectivity index (χ1) is 14.2. The fraction of sp³-hybridized carbons (Fsp3) is 0.409. The Morgan fingerprint density at radius 2 is 2.03 bits per heavy atom. The number of pyridine rings is 1. The quantitative estimate of drug-likeness (QED) is 0.653. The van der Waals surface area contributed by atoms with Crippen molar-refractivity contribution in [1.29, 1.82) is 5.26 Å². The number of benzene rings is 1. The van der Waals surface area contributed by atoms with Crippen LogP contribution in [0.2, 0.25) is 0 Å². The molecule has 150 valence electrons. The van der Waals surface area contributed by atoms with Crippen LogP contribution in [0.5, 0.6) is 5.75 Å². The van der Waals surface area contributed by atoms with Gasteiger partial charge in [0, 0.05) is 31.3 Å². The highest BCUT2D eigenvalue weighted by Gasteiger charge is 2.26. The Balaban J connectivity index is 1.58. The van der Waals surface area contributed by atoms with E-state index in [9.17, 15) is 9.65 Å². The maximum Gasteiger partial charge on any atom is 0.180 e. The minimum atomic E-state index is -0.320. The highest BCUT2D eigenvalue weighted by atomic mass is 19.1. The normalized spacial score (nSPS) is 14.9. The van der Waals surface area contributed by atoms with Crippen LogP contribution in [-0.4, -0.2) is 34.8 Å². The van der Waals surface area contributed by atoms with E-state index >= 15 is 0 Å². The molecule has 1 aliphatic rings. The number of piperidine rings is 1. The van der Waals surface area contributed by atoms with Gasteiger partial charge in [0.05, 0.1) is 12.8 Å². The molecule has 0 unspecified atom stereocenters. The number of rotatable bonds is 5. The molecule has 1 saturated heterocycles. The van der Waals surface area contributed by atoms with Crippen molar-refractivity contribution < 1.29 is 9.13 Å². The van der Waals surface area contributed by atoms with Crippen molar-refractivity contribution in [3.63, 3.8) is 0 Å². The number of fused-ring (bicyclic) bond motifs is 1. The number of aryl methyl sites for hydroxylation is 1. The molecule has 3 heterocycles. The SMILES string of the molecule is CCCc1nnc2c(C#N)c(N3CCC(c4cccc(F)c4OC)CC3)ccn12. The first-order valence-electron chi connectivity index (χ1n) is 10.0. The second kappa shape index (κ2) is 8.08. The Morgan fingerprint density at radius 1 is 1.24 bits per heavy atom. The first kappa shape index (κ1) is 19.2. The number of para-hydroxylation sites is 1. The van der Waals surface area contributed by atoms with E-state index in [-0.39, 0.29) is 11.7 Å². The van der Waals surface area contributed by atoms with Gasteiger partial charge in [-0.2, -0.15) is 5.26 Å². The van der Waals surface area contributed by atoms with E-state index in [0.29, 0.717) is 17.0 Å². The molecule has 29 heavy (non-hydrogen) atoms. The van der Waals surface area contributed by atoms with Crippen molar-refractivity contribution in [2.75, 3.05) is 25.1 Å². The molecule has 0 spiro atoms. The third-order valence-corrected chi connectivity index (χ3v) is 5.69. The Labute approximate surface area is 169 Å². The molecule has 1 fully saturated rings. The zero-order valence-electron chi connectivity index (χ0n) is 16.7. The fourth-order valence-corrected chi connectivity index (χ4v) is 4.25. The van der Waals surface area contributed by atoms with E-state index in [4.69, 9.17) is 4.74 Å². The monoisotopic (exact) mass is 393 g/mol. The topological polar surface area (TPSA) is 66.5 Å². The summed E-state index contributed by atoms with van der Waals surface area (Å²) in [6.45, 7) is 3.66. The zero-order chi connectivity index (χ0) is 20.4. The Kier molecular flexibility index (Phi) is 5.34. The van der Waals surface area contributed by atoms with Gasteiger partial charge in [0.25, 0.3) is 0 Å². The number of nitrogens with zero attached hydrogens (tertiary/aromatic N) is 5. The second-order valence-corrected chi connectivity index (χ2v) is 7.37. The number of hydrogen-bond acceptors (Lipinski definition) is 5. The van der Waals surface area contributed by atoms with Crippen LogP contribution in [0.4, 0.5) is 10.1 Å². The molecular weight excluding hydrogens is 369 g/mol. The van der Waals surface area contributed by atoms with E-state index in [1.165, 1.54) is 13.2 Å². The molecule has 7 heteroatoms. The van der Waals surface area contributed by atoms with Crippen LogP contribution in [0, 0.1) is 17.1 Å². The summed E-state index contributed by atoms with van der Waals surface area (Å²) in [5.41, 5.74) is 2.98. The van der Waals surface area contributed by atoms with E-state index in [1.807, 2.05) is 22.7 Å². The smallest absolute Gasteiger partial charge is 0.180 e. The van der Waals surface area contributed by atoms with Crippen LogP contribution in [0.1, 0.15) is 49.1 Å². The molecule has 0 radical (unpaired) electrons. The van der Waals surface area contributed by atoms with E-state index in [2.05, 4.69) is 28.1 Å². The number of hydrogen-bond donors (Lipinski definition) is 0. The van der Waals surface area contributed by atoms with Gasteiger partial charge in [-0.1, -0.05) is 19.1 Å². The van der Waals surface area contributed by atoms with Crippen LogP contribution in [0.3, 0.4) is 0 Å². The Morgan fingerprint density at radius 3 is 2.72 bits per heavy atom. The van der Waals surface area contributed by atoms with Gasteiger partial charge in [-0.15, -0.1) is 10.2 Å². The van der Waals surface area contributed by atoms with Crippen LogP contribution in [0.25, 0.3) is 5.65 Å². The van der Waals surface area contributed by atoms with E-state index < -0.39 is 0 Å². The molecule has 2 aromatic heterocycles. The molecule has 3 aromatic rings. The number of halogens is 1. The Hall–Kier alpha value is -3.14. The molecule has 1 aliphatic heterocycles. The predicted octanol–water partition coefficient (Wildman–Crippen LogP) is 4.09. The summed E-state index contributed by atoms with van der Waals surface area (Å²) in [6, 6.07) is 9.42. The number of nitriles is 1. The third kappa shape index (κ3) is 3.39. The molecule has 1 aromatic carbocycles. The van der Waals surface area contributed by atoms with Crippen molar-refractivity contribution in [3.05, 3.63) is 53.2 Å². The third-order valence-electron chi connectivity index (χ3n) is 5.69. The summed E-state index contributed by atoms with van der Waals surface area (Å²) >= 11 is 0. The van der Waals surface area contributed by atoms with Gasteiger partial charge in [0.2, 0.25) is 0 Å². The summed E-state index contributed by atoms with van der Waals surface area (Å²) in [4.78, 5) is 2.22.